The molecular weight excluding hydrogens is 821 g/mol. The number of nitro groups is 1. The number of allylic oxidation sites excluding steroid dienone is 1. The topological polar surface area (TPSA) is 162 Å². The lowest BCUT2D eigenvalue weighted by Crippen LogP contribution is -2.70. The number of unbranched alkanes of at least 4 members (excludes halogenated alkanes) is 2. The van der Waals surface area contributed by atoms with Gasteiger partial charge in [0.25, 0.3) is 5.69 Å². The summed E-state index contributed by atoms with van der Waals surface area (Å²) in [4.78, 5) is 33.3. The molecule has 1 amide bonds. The molecule has 1 saturated carbocycles. The maximum absolute atomic E-state index is 14.5. The molecule has 3 aromatic rings. The van der Waals surface area contributed by atoms with Gasteiger partial charge in [-0.25, -0.2) is 9.18 Å². The highest BCUT2D eigenvalue weighted by atomic mass is 35.5. The molecular formula is C47H57ClFN3O10. The number of carbonyl (C=O) groups is 1. The van der Waals surface area contributed by atoms with E-state index in [1.165, 1.54) is 24.3 Å². The van der Waals surface area contributed by atoms with E-state index in [0.29, 0.717) is 48.5 Å². The first-order valence-electron chi connectivity index (χ1n) is 21.2. The minimum absolute atomic E-state index is 0.00890. The molecule has 6 unspecified atom stereocenters. The van der Waals surface area contributed by atoms with Crippen molar-refractivity contribution in [1.29, 1.82) is 0 Å². The van der Waals surface area contributed by atoms with Gasteiger partial charge in [-0.2, -0.15) is 0 Å². The van der Waals surface area contributed by atoms with E-state index < -0.39 is 40.2 Å². The Labute approximate surface area is 367 Å². The van der Waals surface area contributed by atoms with Gasteiger partial charge in [-0.05, 0) is 106 Å². The molecule has 0 radical (unpaired) electrons. The summed E-state index contributed by atoms with van der Waals surface area (Å²) in [5, 5.41) is 36.3. The molecule has 0 spiro atoms. The lowest BCUT2D eigenvalue weighted by atomic mass is 9.55. The summed E-state index contributed by atoms with van der Waals surface area (Å²) in [7, 11) is 0. The number of alkyl halides is 1. The van der Waals surface area contributed by atoms with Crippen LogP contribution in [0.5, 0.6) is 17.2 Å². The molecule has 1 fully saturated rings. The summed E-state index contributed by atoms with van der Waals surface area (Å²) in [5.74, 6) is -1.88. The molecule has 6 rings (SSSR count). The molecule has 15 heteroatoms. The number of nitro benzene ring substituents is 1. The van der Waals surface area contributed by atoms with Crippen molar-refractivity contribution in [3.63, 3.8) is 0 Å². The van der Waals surface area contributed by atoms with Gasteiger partial charge in [0.15, 0.2) is 0 Å². The van der Waals surface area contributed by atoms with E-state index in [9.17, 15) is 29.5 Å². The lowest BCUT2D eigenvalue weighted by molar-refractivity contribution is -0.384. The Kier molecular flexibility index (Phi) is 15.7. The maximum Gasteiger partial charge on any atom is 0.410 e. The summed E-state index contributed by atoms with van der Waals surface area (Å²) >= 11 is 6.05. The van der Waals surface area contributed by atoms with Gasteiger partial charge in [0.05, 0.1) is 35.1 Å². The molecule has 62 heavy (non-hydrogen) atoms. The third-order valence-electron chi connectivity index (χ3n) is 11.5. The third-order valence-corrected chi connectivity index (χ3v) is 11.7. The van der Waals surface area contributed by atoms with Crippen molar-refractivity contribution in [2.45, 2.75) is 95.6 Å². The van der Waals surface area contributed by atoms with Crippen molar-refractivity contribution in [1.82, 2.24) is 4.90 Å². The number of non-ortho nitro benzene ring substituents is 1. The SMILES string of the molecule is C=CCOC12Oc3ccc(Oc4cccc([N+](=O)[O-])c4)cc3C3C(CCCCO)C(CCCCO)C=C(C(=NOC(C)(C)C)CC1N(Cc1ccc(F)cc1)C(=O)OCCCl)C32. The van der Waals surface area contributed by atoms with Crippen molar-refractivity contribution >= 4 is 29.1 Å². The average molecular weight is 878 g/mol. The number of aliphatic hydroxyl groups excluding tert-OH is 2. The van der Waals surface area contributed by atoms with E-state index in [-0.39, 0.29) is 74.5 Å². The number of fused-ring (bicyclic) bond motifs is 2. The molecule has 3 aromatic carbocycles. The molecule has 334 valence electrons. The molecule has 0 saturated heterocycles. The molecule has 1 aliphatic heterocycles. The summed E-state index contributed by atoms with van der Waals surface area (Å²) in [6.07, 6.45) is 7.40. The fourth-order valence-electron chi connectivity index (χ4n) is 9.00. The van der Waals surface area contributed by atoms with Gasteiger partial charge >= 0.3 is 6.09 Å². The van der Waals surface area contributed by atoms with E-state index in [4.69, 9.17) is 40.5 Å². The van der Waals surface area contributed by atoms with Crippen LogP contribution < -0.4 is 9.47 Å². The van der Waals surface area contributed by atoms with E-state index >= 15 is 0 Å². The van der Waals surface area contributed by atoms with Crippen molar-refractivity contribution in [3.05, 3.63) is 118 Å². The standard InChI is InChI=1S/C47H57ClFN3O10/c1-5-24-59-47-42(51(45(55)58-25-21-48)30-31-15-17-33(49)18-16-31)29-40(50-62-46(2,3)4)38-26-32(11-6-8-22-53)37(14-7-9-23-54)43(44(38)47)39-28-36(19-20-41(39)61-47)60-35-13-10-12-34(27-35)52(56)57/h5,10,12-13,15-20,26-28,32,37,42-44,53-54H,1,6-9,11,14,21-25,29-30H2,2-4H3. The van der Waals surface area contributed by atoms with Gasteiger partial charge in [0.2, 0.25) is 5.79 Å². The van der Waals surface area contributed by atoms with Crippen LogP contribution >= 0.6 is 11.6 Å². The number of carbonyl (C=O) groups excluding carboxylic acids is 1. The van der Waals surface area contributed by atoms with E-state index in [2.05, 4.69) is 12.7 Å². The smallest absolute Gasteiger partial charge is 0.410 e. The largest absolute Gasteiger partial charge is 0.459 e. The number of halogens is 2. The van der Waals surface area contributed by atoms with Gasteiger partial charge < -0.3 is 34.0 Å². The number of benzene rings is 3. The Morgan fingerprint density at radius 1 is 1.06 bits per heavy atom. The first-order chi connectivity index (χ1) is 29.8. The van der Waals surface area contributed by atoms with Crippen LogP contribution in [0.15, 0.2) is 96.2 Å². The number of hydrogen-bond acceptors (Lipinski definition) is 11. The molecule has 0 aromatic heterocycles. The van der Waals surface area contributed by atoms with Crippen LogP contribution in [0, 0.1) is 33.7 Å². The van der Waals surface area contributed by atoms with Crippen molar-refractivity contribution in [2.75, 3.05) is 32.3 Å². The Hall–Kier alpha value is -5.02. The van der Waals surface area contributed by atoms with Crippen LogP contribution in [0.3, 0.4) is 0 Å². The number of amides is 1. The quantitative estimate of drug-likeness (QED) is 0.0367. The fraction of sp³-hybridized carbons (Fsp3) is 0.489. The first kappa shape index (κ1) is 46.5. The van der Waals surface area contributed by atoms with Crippen LogP contribution in [-0.2, 0) is 20.9 Å². The van der Waals surface area contributed by atoms with E-state index in [1.54, 1.807) is 47.4 Å². The van der Waals surface area contributed by atoms with Gasteiger partial charge in [-0.15, -0.1) is 18.2 Å². The molecule has 2 N–H and O–H groups in total. The Balaban J connectivity index is 1.62. The highest BCUT2D eigenvalue weighted by Gasteiger charge is 2.65. The summed E-state index contributed by atoms with van der Waals surface area (Å²) < 4.78 is 40.6. The zero-order valence-electron chi connectivity index (χ0n) is 35.5. The second-order valence-electron chi connectivity index (χ2n) is 16.9. The molecule has 3 aliphatic rings. The van der Waals surface area contributed by atoms with Crippen LogP contribution in [0.1, 0.15) is 82.8 Å². The number of ether oxygens (including phenoxy) is 4. The minimum atomic E-state index is -1.59. The van der Waals surface area contributed by atoms with Gasteiger partial charge in [-0.3, -0.25) is 15.0 Å². The average Bonchev–Trinajstić information content (AvgIpc) is 3.25. The number of rotatable bonds is 20. The summed E-state index contributed by atoms with van der Waals surface area (Å²) in [6.45, 7) is 9.71. The highest BCUT2D eigenvalue weighted by Crippen LogP contribution is 2.62. The maximum atomic E-state index is 14.5. The van der Waals surface area contributed by atoms with Gasteiger partial charge in [-0.1, -0.05) is 48.3 Å². The Bertz CT molecular complexity index is 2090. The first-order valence-corrected chi connectivity index (χ1v) is 21.8. The number of hydrogen-bond donors (Lipinski definition) is 2. The zero-order chi connectivity index (χ0) is 44.4. The number of aliphatic hydroxyl groups is 2. The normalized spacial score (nSPS) is 23.3. The second-order valence-corrected chi connectivity index (χ2v) is 17.3. The number of oxime groups is 1. The van der Waals surface area contributed by atoms with E-state index in [1.807, 2.05) is 26.8 Å². The van der Waals surface area contributed by atoms with Gasteiger partial charge in [0, 0.05) is 43.7 Å². The Morgan fingerprint density at radius 3 is 2.47 bits per heavy atom. The minimum Gasteiger partial charge on any atom is -0.459 e. The molecule has 2 aliphatic carbocycles. The summed E-state index contributed by atoms with van der Waals surface area (Å²) in [6, 6.07) is 16.4. The monoisotopic (exact) mass is 877 g/mol. The second kappa shape index (κ2) is 20.9. The van der Waals surface area contributed by atoms with E-state index in [0.717, 1.165) is 24.0 Å². The number of nitrogens with zero attached hydrogens (tertiary/aromatic N) is 3. The van der Waals surface area contributed by atoms with Crippen molar-refractivity contribution in [3.8, 4) is 17.2 Å². The van der Waals surface area contributed by atoms with Crippen LogP contribution in [-0.4, -0.2) is 81.6 Å². The third kappa shape index (κ3) is 10.8. The summed E-state index contributed by atoms with van der Waals surface area (Å²) in [5.41, 5.74) is 2.05. The predicted molar refractivity (Wildman–Crippen MR) is 233 cm³/mol. The zero-order valence-corrected chi connectivity index (χ0v) is 36.3. The highest BCUT2D eigenvalue weighted by molar-refractivity contribution is 6.18. The van der Waals surface area contributed by atoms with Gasteiger partial charge in [0.1, 0.15) is 41.3 Å². The molecule has 6 atom stereocenters. The lowest BCUT2D eigenvalue weighted by Gasteiger charge is -2.60. The van der Waals surface area contributed by atoms with Crippen molar-refractivity contribution < 1.29 is 48.1 Å². The van der Waals surface area contributed by atoms with Crippen LogP contribution in [0.4, 0.5) is 14.9 Å². The van der Waals surface area contributed by atoms with Crippen molar-refractivity contribution in [2.24, 2.45) is 22.9 Å². The van der Waals surface area contributed by atoms with Crippen LogP contribution in [0.2, 0.25) is 0 Å². The van der Waals surface area contributed by atoms with Crippen LogP contribution in [0.25, 0.3) is 0 Å². The molecule has 13 nitrogen and oxygen atoms in total. The predicted octanol–water partition coefficient (Wildman–Crippen LogP) is 9.84. The Morgan fingerprint density at radius 2 is 1.79 bits per heavy atom. The fourth-order valence-corrected chi connectivity index (χ4v) is 9.07. The molecule has 1 heterocycles. The molecule has 0 bridgehead atoms.